The van der Waals surface area contributed by atoms with E-state index >= 15 is 0 Å². The molecule has 2 saturated carbocycles. The number of rotatable bonds is 8. The van der Waals surface area contributed by atoms with Gasteiger partial charge in [0.1, 0.15) is 11.5 Å². The summed E-state index contributed by atoms with van der Waals surface area (Å²) in [5, 5.41) is 5.10. The monoisotopic (exact) mass is 904 g/mol. The van der Waals surface area contributed by atoms with Gasteiger partial charge in [-0.2, -0.15) is 0 Å². The highest BCUT2D eigenvalue weighted by molar-refractivity contribution is 7.24. The molecule has 0 unspecified atom stereocenters. The van der Waals surface area contributed by atoms with Crippen molar-refractivity contribution < 1.29 is 7.48 Å². The second-order valence-electron chi connectivity index (χ2n) is 19.5. The van der Waals surface area contributed by atoms with Gasteiger partial charge >= 0.3 is 0 Å². The lowest BCUT2D eigenvalue weighted by molar-refractivity contribution is 0.419. The predicted molar refractivity (Wildman–Crippen MR) is 284 cm³/mol. The first-order valence-electron chi connectivity index (χ1n) is 25.3. The molecule has 0 radical (unpaired) electrons. The van der Waals surface area contributed by atoms with Gasteiger partial charge in [-0.05, 0) is 105 Å². The van der Waals surface area contributed by atoms with E-state index in [9.17, 15) is 2.74 Å². The summed E-state index contributed by atoms with van der Waals surface area (Å²) in [5.74, 6) is 0.284. The Hall–Kier alpha value is -6.53. The quantitative estimate of drug-likeness (QED) is 0.112. The molecule has 0 amide bonds. The van der Waals surface area contributed by atoms with E-state index in [0.717, 1.165) is 112 Å². The van der Waals surface area contributed by atoms with Crippen LogP contribution < -0.4 is 25.5 Å². The second kappa shape index (κ2) is 16.1. The normalized spacial score (nSPS) is 17.5. The van der Waals surface area contributed by atoms with Crippen LogP contribution in [0.2, 0.25) is 0 Å². The van der Waals surface area contributed by atoms with Crippen molar-refractivity contribution in [3.63, 3.8) is 0 Å². The fourth-order valence-corrected chi connectivity index (χ4v) is 18.2. The maximum Gasteiger partial charge on any atom is 0.195 e. The molecule has 13 rings (SSSR count). The number of para-hydroxylation sites is 4. The Morgan fingerprint density at radius 3 is 1.75 bits per heavy atom. The summed E-state index contributed by atoms with van der Waals surface area (Å²) >= 11 is 1.75. The number of thiazole rings is 1. The highest BCUT2D eigenvalue weighted by atomic mass is 32.1. The van der Waals surface area contributed by atoms with E-state index in [1.165, 1.54) is 42.1 Å². The lowest BCUT2D eigenvalue weighted by atomic mass is 9.74. The van der Waals surface area contributed by atoms with Gasteiger partial charge in [-0.25, -0.2) is 4.98 Å². The van der Waals surface area contributed by atoms with E-state index in [1.54, 1.807) is 11.3 Å². The first-order valence-corrected chi connectivity index (χ1v) is 27.1. The van der Waals surface area contributed by atoms with Gasteiger partial charge in [0.25, 0.3) is 0 Å². The van der Waals surface area contributed by atoms with Gasteiger partial charge in [-0.1, -0.05) is 209 Å². The Morgan fingerprint density at radius 1 is 0.537 bits per heavy atom. The molecule has 328 valence electrons. The van der Waals surface area contributed by atoms with Crippen LogP contribution in [0.4, 0.5) is 0 Å². The minimum Gasteiger partial charge on any atom is -0.456 e. The maximum absolute atomic E-state index is 10.4. The summed E-state index contributed by atoms with van der Waals surface area (Å²) < 4.78 is 31.3. The Morgan fingerprint density at radius 2 is 1.07 bits per heavy atom. The van der Waals surface area contributed by atoms with E-state index in [-0.39, 0.29) is 5.41 Å². The van der Waals surface area contributed by atoms with Crippen LogP contribution in [0, 0.1) is 0 Å². The molecule has 5 heteroatoms. The fourth-order valence-electron chi connectivity index (χ4n) is 12.2. The average Bonchev–Trinajstić information content (AvgIpc) is 4.20. The number of imidazole rings is 1. The molecule has 2 fully saturated rings. The number of ether oxygens (including phenoxy) is 1. The highest BCUT2D eigenvalue weighted by Gasteiger charge is 2.43. The van der Waals surface area contributed by atoms with Crippen molar-refractivity contribution in [2.75, 3.05) is 0 Å². The molecule has 0 N–H and O–H groups in total. The molecule has 0 bridgehead atoms. The van der Waals surface area contributed by atoms with E-state index in [0.29, 0.717) is 0 Å². The topological polar surface area (TPSA) is 26.5 Å². The SMILES string of the molecule is [2H]C1(c2cc([Si](c3ccccc3)(c3ccccc3)c3ccc(-c4cccc5c4sc4nc6ccccc6n45)c(C4([2H])CCCC4)c3)ccc2-c2cccc3c2Oc2ccccc2C3(C)C)CCCC1. The zero-order valence-corrected chi connectivity index (χ0v) is 40.0. The van der Waals surface area contributed by atoms with E-state index < -0.39 is 19.9 Å². The maximum atomic E-state index is 10.4. The van der Waals surface area contributed by atoms with Crippen molar-refractivity contribution in [1.29, 1.82) is 0 Å². The van der Waals surface area contributed by atoms with Crippen LogP contribution in [-0.2, 0) is 5.41 Å². The Labute approximate surface area is 401 Å². The summed E-state index contributed by atoms with van der Waals surface area (Å²) in [4.78, 5) is 6.07. The smallest absolute Gasteiger partial charge is 0.195 e. The summed E-state index contributed by atoms with van der Waals surface area (Å²) in [6, 6.07) is 67.0. The molecule has 67 heavy (non-hydrogen) atoms. The minimum atomic E-state index is -3.19. The number of aromatic nitrogens is 2. The lowest BCUT2D eigenvalue weighted by Gasteiger charge is -2.37. The molecule has 10 aromatic rings. The summed E-state index contributed by atoms with van der Waals surface area (Å²) in [6.07, 6.45) is 7.44. The lowest BCUT2D eigenvalue weighted by Crippen LogP contribution is -2.74. The number of nitrogens with zero attached hydrogens (tertiary/aromatic N) is 2. The molecule has 0 atom stereocenters. The molecule has 8 aromatic carbocycles. The molecule has 3 nitrogen and oxygen atoms in total. The standard InChI is InChI=1S/C62H54N2OSSi/c1-62(2)53-29-13-16-34-58(53)65-59-49(27-17-30-54(59)62)47-37-35-45(39-51(47)41-19-9-10-20-41)67(43-23-5-3-6-24-43,44-25-7-4-8-26-44)46-36-38-48(52(40-46)42-21-11-12-22-42)50-28-18-33-57-60(50)66-61-63-55-31-14-15-32-56(55)64(57)61/h3-8,13-18,23-42H,9-12,19-22H2,1-2H3/i41D,42D. The zero-order valence-electron chi connectivity index (χ0n) is 40.2. The molecular weight excluding hydrogens is 849 g/mol. The van der Waals surface area contributed by atoms with Crippen molar-refractivity contribution >= 4 is 66.4 Å². The minimum absolute atomic E-state index is 0.262. The second-order valence-corrected chi connectivity index (χ2v) is 24.3. The summed E-state index contributed by atoms with van der Waals surface area (Å²) in [5.41, 5.74) is 12.0. The molecule has 0 spiro atoms. The number of benzene rings is 8. The van der Waals surface area contributed by atoms with Crippen molar-refractivity contribution in [3.05, 3.63) is 204 Å². The highest BCUT2D eigenvalue weighted by Crippen LogP contribution is 2.52. The molecule has 1 aliphatic heterocycles. The van der Waals surface area contributed by atoms with Gasteiger partial charge in [0.2, 0.25) is 0 Å². The molecule has 3 heterocycles. The third-order valence-corrected chi connectivity index (χ3v) is 21.3. The predicted octanol–water partition coefficient (Wildman–Crippen LogP) is 14.2. The summed E-state index contributed by atoms with van der Waals surface area (Å²) in [6.45, 7) is 4.60. The van der Waals surface area contributed by atoms with E-state index in [2.05, 4.69) is 200 Å². The van der Waals surface area contributed by atoms with Crippen LogP contribution in [0.25, 0.3) is 48.5 Å². The molecule has 3 aliphatic rings. The molecule has 2 aromatic heterocycles. The number of hydrogen-bond donors (Lipinski definition) is 0. The van der Waals surface area contributed by atoms with Crippen molar-refractivity contribution in [3.8, 4) is 33.8 Å². The van der Waals surface area contributed by atoms with Gasteiger partial charge < -0.3 is 4.74 Å². The molecular formula is C62H54N2OSSi. The van der Waals surface area contributed by atoms with Crippen LogP contribution in [-0.4, -0.2) is 17.5 Å². The first kappa shape index (κ1) is 38.6. The van der Waals surface area contributed by atoms with Crippen molar-refractivity contribution in [1.82, 2.24) is 9.38 Å². The molecule has 0 saturated heterocycles. The van der Waals surface area contributed by atoms with Gasteiger partial charge in [0.15, 0.2) is 13.0 Å². The Balaban J connectivity index is 1.07. The van der Waals surface area contributed by atoms with Crippen LogP contribution in [0.3, 0.4) is 0 Å². The van der Waals surface area contributed by atoms with E-state index in [4.69, 9.17) is 9.72 Å². The first-order chi connectivity index (χ1) is 33.7. The summed E-state index contributed by atoms with van der Waals surface area (Å²) in [7, 11) is -3.19. The Bertz CT molecular complexity index is 3580. The zero-order chi connectivity index (χ0) is 46.5. The molecule has 2 aliphatic carbocycles. The van der Waals surface area contributed by atoms with Crippen LogP contribution in [0.15, 0.2) is 182 Å². The number of fused-ring (bicyclic) bond motifs is 7. The fraction of sp³-hybridized carbons (Fsp3) is 0.210. The van der Waals surface area contributed by atoms with Crippen LogP contribution in [0.5, 0.6) is 11.5 Å². The van der Waals surface area contributed by atoms with Crippen LogP contribution >= 0.6 is 11.3 Å². The van der Waals surface area contributed by atoms with Crippen LogP contribution in [0.1, 0.15) is 102 Å². The van der Waals surface area contributed by atoms with Crippen molar-refractivity contribution in [2.24, 2.45) is 0 Å². The Kier molecular flexibility index (Phi) is 9.25. The van der Waals surface area contributed by atoms with E-state index in [1.807, 2.05) is 0 Å². The third kappa shape index (κ3) is 6.38. The number of hydrogen-bond acceptors (Lipinski definition) is 3. The third-order valence-electron chi connectivity index (χ3n) is 15.5. The van der Waals surface area contributed by atoms with Crippen molar-refractivity contribution in [2.45, 2.75) is 82.4 Å². The van der Waals surface area contributed by atoms with Gasteiger partial charge in [0.05, 0.1) is 21.3 Å². The average molecular weight is 905 g/mol. The van der Waals surface area contributed by atoms with Gasteiger partial charge in [-0.3, -0.25) is 4.40 Å². The van der Waals surface area contributed by atoms with Gasteiger partial charge in [-0.15, -0.1) is 0 Å². The largest absolute Gasteiger partial charge is 0.456 e. The van der Waals surface area contributed by atoms with Gasteiger partial charge in [0, 0.05) is 30.4 Å².